The molecule has 2 aromatic carbocycles. The Labute approximate surface area is 412 Å². The third-order valence-electron chi connectivity index (χ3n) is 14.4. The van der Waals surface area contributed by atoms with E-state index < -0.39 is 53.9 Å². The van der Waals surface area contributed by atoms with E-state index in [0.29, 0.717) is 104 Å². The average Bonchev–Trinajstić information content (AvgIpc) is 4.23. The number of imidazole rings is 2. The van der Waals surface area contributed by atoms with Gasteiger partial charge in [0, 0.05) is 47.7 Å². The lowest BCUT2D eigenvalue weighted by Gasteiger charge is -2.34. The number of rotatable bonds is 11. The first-order valence-electron chi connectivity index (χ1n) is 24.0. The number of methoxy groups -OCH3 is 2. The fraction of sp³-hybridized carbons (Fsp3) is 0.451. The van der Waals surface area contributed by atoms with Crippen LogP contribution in [0.5, 0.6) is 5.75 Å². The number of hydrogen-bond donors (Lipinski definition) is 4. The van der Waals surface area contributed by atoms with Crippen molar-refractivity contribution in [1.29, 1.82) is 0 Å². The highest BCUT2D eigenvalue weighted by atomic mass is 32.1. The Bertz CT molecular complexity index is 3000. The minimum atomic E-state index is -2.06. The van der Waals surface area contributed by atoms with Crippen LogP contribution in [0.3, 0.4) is 0 Å². The van der Waals surface area contributed by atoms with Crippen LogP contribution in [0.15, 0.2) is 54.9 Å². The number of aryl methyl sites for hydroxylation is 2. The maximum Gasteiger partial charge on any atom is 0.407 e. The Morgan fingerprint density at radius 1 is 0.831 bits per heavy atom. The molecule has 4 aliphatic rings. The van der Waals surface area contributed by atoms with Gasteiger partial charge in [0.25, 0.3) is 0 Å². The summed E-state index contributed by atoms with van der Waals surface area (Å²) in [5.41, 5.74) is 3.39. The van der Waals surface area contributed by atoms with Gasteiger partial charge < -0.3 is 49.3 Å². The van der Waals surface area contributed by atoms with Crippen molar-refractivity contribution in [1.82, 2.24) is 44.9 Å². The number of carbonyl (C=O) groups excluding carboxylic acids is 4. The second-order valence-corrected chi connectivity index (χ2v) is 20.6. The summed E-state index contributed by atoms with van der Waals surface area (Å²) in [7, 11) is 2.44. The fourth-order valence-electron chi connectivity index (χ4n) is 10.6. The molecule has 10 rings (SSSR count). The van der Waals surface area contributed by atoms with Crippen molar-refractivity contribution >= 4 is 46.2 Å². The molecule has 5 atom stereocenters. The largest absolute Gasteiger partial charge is 0.464 e. The quantitative estimate of drug-likeness (QED) is 0.0974. The lowest BCUT2D eigenvalue weighted by Crippen LogP contribution is -2.56. The number of carbonyl (C=O) groups is 4. The van der Waals surface area contributed by atoms with Crippen LogP contribution in [0.25, 0.3) is 44.7 Å². The van der Waals surface area contributed by atoms with Crippen molar-refractivity contribution in [2.24, 2.45) is 5.92 Å². The molecule has 0 saturated carbocycles. The van der Waals surface area contributed by atoms with Gasteiger partial charge in [-0.2, -0.15) is 0 Å². The van der Waals surface area contributed by atoms with E-state index in [1.807, 2.05) is 34.9 Å². The second-order valence-electron chi connectivity index (χ2n) is 19.3. The number of hydrogen-bond acceptors (Lipinski definition) is 11. The van der Waals surface area contributed by atoms with E-state index in [1.165, 1.54) is 27.0 Å². The zero-order chi connectivity index (χ0) is 49.9. The van der Waals surface area contributed by atoms with Gasteiger partial charge >= 0.3 is 12.2 Å². The van der Waals surface area contributed by atoms with Gasteiger partial charge in [0.1, 0.15) is 41.0 Å². The Morgan fingerprint density at radius 3 is 2.08 bits per heavy atom. The van der Waals surface area contributed by atoms with Gasteiger partial charge in [0.05, 0.1) is 71.7 Å². The summed E-state index contributed by atoms with van der Waals surface area (Å²) in [4.78, 5) is 74.1. The summed E-state index contributed by atoms with van der Waals surface area (Å²) in [6.07, 6.45) is 5.09. The number of halogens is 2. The Hall–Kier alpha value is -6.80. The number of alkyl halides is 1. The predicted molar refractivity (Wildman–Crippen MR) is 260 cm³/mol. The first-order chi connectivity index (χ1) is 34.1. The van der Waals surface area contributed by atoms with Crippen molar-refractivity contribution in [2.45, 2.75) is 102 Å². The molecule has 0 aliphatic carbocycles. The van der Waals surface area contributed by atoms with Crippen LogP contribution in [0.2, 0.25) is 0 Å². The van der Waals surface area contributed by atoms with Gasteiger partial charge in [-0.05, 0) is 114 Å². The number of H-pyrrole nitrogens is 2. The van der Waals surface area contributed by atoms with Crippen LogP contribution in [-0.2, 0) is 23.8 Å². The molecule has 4 aliphatic heterocycles. The van der Waals surface area contributed by atoms with Crippen molar-refractivity contribution in [3.63, 3.8) is 0 Å². The van der Waals surface area contributed by atoms with Gasteiger partial charge in [-0.3, -0.25) is 14.2 Å². The second kappa shape index (κ2) is 19.1. The Balaban J connectivity index is 0.952. The number of benzene rings is 2. The van der Waals surface area contributed by atoms with Crippen LogP contribution in [-0.4, -0.2) is 117 Å². The summed E-state index contributed by atoms with van der Waals surface area (Å²) in [6, 6.07) is 10.2. The number of aromatic nitrogens is 5. The van der Waals surface area contributed by atoms with Crippen LogP contribution in [0, 0.1) is 25.6 Å². The number of alkyl carbamates (subject to hydrolysis) is 2. The minimum absolute atomic E-state index is 0.107. The number of thiophene rings is 1. The molecular formula is C51H57F2N9O8S. The third-order valence-corrected chi connectivity index (χ3v) is 15.6. The number of amides is 4. The molecule has 17 nitrogen and oxygen atoms in total. The van der Waals surface area contributed by atoms with E-state index >= 15 is 8.78 Å². The van der Waals surface area contributed by atoms with Gasteiger partial charge in [-0.1, -0.05) is 6.07 Å². The van der Waals surface area contributed by atoms with Gasteiger partial charge in [0.2, 0.25) is 18.0 Å². The van der Waals surface area contributed by atoms with E-state index in [2.05, 4.69) is 50.2 Å². The van der Waals surface area contributed by atoms with Gasteiger partial charge in [-0.15, -0.1) is 11.3 Å². The zero-order valence-corrected chi connectivity index (χ0v) is 41.2. The molecule has 374 valence electrons. The predicted octanol–water partition coefficient (Wildman–Crippen LogP) is 8.80. The first-order valence-corrected chi connectivity index (χ1v) is 24.8. The zero-order valence-electron chi connectivity index (χ0n) is 40.4. The Kier molecular flexibility index (Phi) is 12.9. The summed E-state index contributed by atoms with van der Waals surface area (Å²) < 4.78 is 56.3. The summed E-state index contributed by atoms with van der Waals surface area (Å²) >= 11 is 1.62. The molecule has 6 aromatic rings. The Morgan fingerprint density at radius 2 is 1.46 bits per heavy atom. The smallest absolute Gasteiger partial charge is 0.407 e. The minimum Gasteiger partial charge on any atom is -0.464 e. The van der Waals surface area contributed by atoms with E-state index in [9.17, 15) is 19.2 Å². The molecule has 4 N–H and O–H groups in total. The highest BCUT2D eigenvalue weighted by Crippen LogP contribution is 2.49. The first kappa shape index (κ1) is 47.9. The summed E-state index contributed by atoms with van der Waals surface area (Å²) in [6.45, 7) is 8.47. The van der Waals surface area contributed by atoms with Crippen molar-refractivity contribution < 1.29 is 46.9 Å². The standard InChI is InChI=1S/C51H57F2N9O8S/c1-26-19-40(71-27(26)2)48-62-35-12-11-29(33-24-54-45(56-33)37-10-8-16-61(37)47(64)43(51(3,4)53)59-50(66)68-6)20-31(35)22-38(62)41-32(52)21-30(23-39(41)70-48)34-25-55-44(57-34)36-9-7-15-60(36)46(63)42(58-49(65)67-5)28-13-17-69-18-14-28/h11-12,19-25,28,36-37,42-43,48H,7-10,13-18H2,1-6H3,(H,54,56)(H,55,57)(H,58,65)(H,59,66)/t36-,37-,42-,43+,48?/m0/s1. The molecule has 1 unspecified atom stereocenters. The fourth-order valence-corrected chi connectivity index (χ4v) is 11.7. The van der Waals surface area contributed by atoms with Crippen LogP contribution >= 0.6 is 11.3 Å². The number of ether oxygens (including phenoxy) is 4. The number of likely N-dealkylation sites (tertiary alicyclic amines) is 2. The average molecular weight is 994 g/mol. The molecule has 4 aromatic heterocycles. The van der Waals surface area contributed by atoms with Crippen LogP contribution in [0.4, 0.5) is 18.4 Å². The van der Waals surface area contributed by atoms with Crippen molar-refractivity contribution in [3.05, 3.63) is 87.6 Å². The van der Waals surface area contributed by atoms with Crippen molar-refractivity contribution in [3.8, 4) is 39.5 Å². The van der Waals surface area contributed by atoms with Crippen LogP contribution in [0.1, 0.15) is 97.7 Å². The van der Waals surface area contributed by atoms with Crippen LogP contribution < -0.4 is 15.4 Å². The molecule has 4 amide bonds. The highest BCUT2D eigenvalue weighted by Gasteiger charge is 2.44. The summed E-state index contributed by atoms with van der Waals surface area (Å²) in [5.74, 6) is 0.0897. The lowest BCUT2D eigenvalue weighted by atomic mass is 9.90. The molecule has 0 radical (unpaired) electrons. The summed E-state index contributed by atoms with van der Waals surface area (Å²) in [5, 5.41) is 5.99. The molecule has 71 heavy (non-hydrogen) atoms. The molecule has 0 bridgehead atoms. The van der Waals surface area contributed by atoms with Gasteiger partial charge in [-0.25, -0.2) is 28.3 Å². The molecule has 3 saturated heterocycles. The van der Waals surface area contributed by atoms with E-state index in [0.717, 1.165) is 45.3 Å². The molecule has 20 heteroatoms. The van der Waals surface area contributed by atoms with E-state index in [-0.39, 0.29) is 17.9 Å². The molecular weight excluding hydrogens is 937 g/mol. The molecule has 8 heterocycles. The number of nitrogens with one attached hydrogen (secondary N) is 4. The topological polar surface area (TPSA) is 198 Å². The number of fused-ring (bicyclic) bond motifs is 5. The van der Waals surface area contributed by atoms with Crippen molar-refractivity contribution in [2.75, 3.05) is 40.5 Å². The maximum atomic E-state index is 17.0. The molecule has 3 fully saturated rings. The monoisotopic (exact) mass is 993 g/mol. The number of aromatic amines is 2. The maximum absolute atomic E-state index is 17.0. The lowest BCUT2D eigenvalue weighted by molar-refractivity contribution is -0.138. The molecule has 0 spiro atoms. The highest BCUT2D eigenvalue weighted by molar-refractivity contribution is 7.12. The number of nitrogens with zero attached hydrogens (tertiary/aromatic N) is 5. The third kappa shape index (κ3) is 9.00. The SMILES string of the molecule is COC(=O)N[C@H](C(=O)N1CCC[C@H]1c1ncc(-c2cc(F)c3c(c2)OC(c2cc(C)c(C)s2)n2c-3cc3cc(-c4cnc([C@@H]5CCCN5C(=O)[C@@H](NC(=O)OC)C(C)(C)F)[nH]4)ccc32)[nH]1)C1CCOCC1. The van der Waals surface area contributed by atoms with E-state index in [1.54, 1.807) is 33.5 Å². The van der Waals surface area contributed by atoms with Gasteiger partial charge in [0.15, 0.2) is 0 Å². The normalized spacial score (nSPS) is 20.0. The van der Waals surface area contributed by atoms with E-state index in [4.69, 9.17) is 19.2 Å².